The Bertz CT molecular complexity index is 561. The lowest BCUT2D eigenvalue weighted by Crippen LogP contribution is -2.09. The van der Waals surface area contributed by atoms with Crippen LogP contribution in [0.15, 0.2) is 42.5 Å². The van der Waals surface area contributed by atoms with Crippen molar-refractivity contribution in [1.29, 1.82) is 0 Å². The molecule has 3 N–H and O–H groups in total. The smallest absolute Gasteiger partial charge is 0.337 e. The average Bonchev–Trinajstić information content (AvgIpc) is 2.40. The normalized spacial score (nSPS) is 9.74. The van der Waals surface area contributed by atoms with Gasteiger partial charge in [-0.05, 0) is 12.1 Å². The number of nitrogens with two attached hydrogens (primary N) is 1. The third kappa shape index (κ3) is 3.51. The third-order valence-corrected chi connectivity index (χ3v) is 2.49. The molecule has 0 spiro atoms. The third-order valence-electron chi connectivity index (χ3n) is 2.49. The quantitative estimate of drug-likeness (QED) is 0.839. The van der Waals surface area contributed by atoms with E-state index in [1.54, 1.807) is 6.07 Å². The highest BCUT2D eigenvalue weighted by atomic mass is 35.5. The van der Waals surface area contributed by atoms with Crippen molar-refractivity contribution in [2.45, 2.75) is 6.61 Å². The second-order valence-electron chi connectivity index (χ2n) is 3.67. The zero-order chi connectivity index (χ0) is 13.0. The number of hydrogen-bond acceptors (Lipinski definition) is 4. The first-order chi connectivity index (χ1) is 8.72. The van der Waals surface area contributed by atoms with Gasteiger partial charge in [0.1, 0.15) is 6.61 Å². The minimum absolute atomic E-state index is 0. The summed E-state index contributed by atoms with van der Waals surface area (Å²) in [6.45, 7) is -0.0394. The lowest BCUT2D eigenvalue weighted by Gasteiger charge is -2.07. The maximum absolute atomic E-state index is 11.0. The van der Waals surface area contributed by atoms with E-state index < -0.39 is 5.97 Å². The van der Waals surface area contributed by atoms with Crippen LogP contribution in [-0.2, 0) is 11.4 Å². The molecular formula is C13H13ClN2O3. The Kier molecular flexibility index (Phi) is 5.44. The molecule has 0 radical (unpaired) electrons. The molecule has 5 nitrogen and oxygen atoms in total. The molecule has 0 aliphatic carbocycles. The van der Waals surface area contributed by atoms with Crippen LogP contribution in [0.25, 0.3) is 11.3 Å². The predicted molar refractivity (Wildman–Crippen MR) is 72.9 cm³/mol. The molecule has 0 aliphatic heterocycles. The van der Waals surface area contributed by atoms with E-state index in [4.69, 9.17) is 11.0 Å². The van der Waals surface area contributed by atoms with Crippen molar-refractivity contribution in [2.24, 2.45) is 5.90 Å². The van der Waals surface area contributed by atoms with Gasteiger partial charge in [-0.2, -0.15) is 0 Å². The Morgan fingerprint density at radius 2 is 1.89 bits per heavy atom. The largest absolute Gasteiger partial charge is 0.478 e. The second-order valence-corrected chi connectivity index (χ2v) is 3.67. The van der Waals surface area contributed by atoms with Crippen LogP contribution in [0.4, 0.5) is 0 Å². The minimum atomic E-state index is -1.05. The predicted octanol–water partition coefficient (Wildman–Crippen LogP) is 2.26. The number of carboxylic acids is 1. The van der Waals surface area contributed by atoms with Gasteiger partial charge in [0.15, 0.2) is 0 Å². The molecule has 2 aromatic rings. The van der Waals surface area contributed by atoms with Gasteiger partial charge in [-0.3, -0.25) is 4.84 Å². The first-order valence-electron chi connectivity index (χ1n) is 5.32. The van der Waals surface area contributed by atoms with E-state index in [1.807, 2.05) is 30.3 Å². The zero-order valence-corrected chi connectivity index (χ0v) is 10.8. The summed E-state index contributed by atoms with van der Waals surface area (Å²) in [5.74, 6) is 3.94. The molecule has 0 aliphatic rings. The monoisotopic (exact) mass is 280 g/mol. The fraction of sp³-hybridized carbons (Fsp3) is 0.0769. The van der Waals surface area contributed by atoms with E-state index in [0.29, 0.717) is 11.4 Å². The van der Waals surface area contributed by atoms with Crippen LogP contribution in [0.2, 0.25) is 0 Å². The molecule has 1 aromatic heterocycles. The van der Waals surface area contributed by atoms with Crippen LogP contribution >= 0.6 is 12.4 Å². The molecular weight excluding hydrogens is 268 g/mol. The van der Waals surface area contributed by atoms with Crippen molar-refractivity contribution < 1.29 is 14.7 Å². The number of nitrogens with zero attached hydrogens (tertiary/aromatic N) is 1. The zero-order valence-electron chi connectivity index (χ0n) is 9.95. The van der Waals surface area contributed by atoms with Gasteiger partial charge in [-0.1, -0.05) is 30.3 Å². The van der Waals surface area contributed by atoms with E-state index in [1.165, 1.54) is 6.07 Å². The highest BCUT2D eigenvalue weighted by molar-refractivity contribution is 5.89. The standard InChI is InChI=1S/C13H12N2O3.ClH/c14-18-8-12-10(13(16)17)6-7-11(15-12)9-4-2-1-3-5-9;/h1-7H,8,14H2,(H,16,17);1H. The Labute approximate surface area is 116 Å². The highest BCUT2D eigenvalue weighted by Gasteiger charge is 2.12. The number of benzene rings is 1. The number of halogens is 1. The summed E-state index contributed by atoms with van der Waals surface area (Å²) in [7, 11) is 0. The van der Waals surface area contributed by atoms with E-state index >= 15 is 0 Å². The van der Waals surface area contributed by atoms with E-state index in [0.717, 1.165) is 5.56 Å². The Hall–Kier alpha value is -1.95. The van der Waals surface area contributed by atoms with Crippen molar-refractivity contribution >= 4 is 18.4 Å². The van der Waals surface area contributed by atoms with Crippen molar-refractivity contribution in [3.63, 3.8) is 0 Å². The maximum atomic E-state index is 11.0. The number of carbonyl (C=O) groups is 1. The van der Waals surface area contributed by atoms with E-state index in [9.17, 15) is 4.79 Å². The second kappa shape index (κ2) is 6.84. The van der Waals surface area contributed by atoms with Crippen LogP contribution in [0.1, 0.15) is 16.1 Å². The maximum Gasteiger partial charge on any atom is 0.337 e. The Morgan fingerprint density at radius 3 is 2.47 bits per heavy atom. The topological polar surface area (TPSA) is 85.4 Å². The molecule has 100 valence electrons. The fourth-order valence-electron chi connectivity index (χ4n) is 1.65. The summed E-state index contributed by atoms with van der Waals surface area (Å²) < 4.78 is 0. The van der Waals surface area contributed by atoms with Gasteiger partial charge >= 0.3 is 5.97 Å². The van der Waals surface area contributed by atoms with Gasteiger partial charge in [-0.25, -0.2) is 15.7 Å². The molecule has 1 aromatic carbocycles. The summed E-state index contributed by atoms with van der Waals surface area (Å²) in [4.78, 5) is 19.8. The minimum Gasteiger partial charge on any atom is -0.478 e. The number of pyridine rings is 1. The fourth-order valence-corrected chi connectivity index (χ4v) is 1.65. The van der Waals surface area contributed by atoms with Crippen molar-refractivity contribution in [1.82, 2.24) is 4.98 Å². The van der Waals surface area contributed by atoms with Gasteiger partial charge < -0.3 is 5.11 Å². The molecule has 0 atom stereocenters. The molecule has 0 unspecified atom stereocenters. The van der Waals surface area contributed by atoms with E-state index in [2.05, 4.69) is 9.82 Å². The summed E-state index contributed by atoms with van der Waals surface area (Å²) in [5, 5.41) is 9.02. The number of aromatic nitrogens is 1. The van der Waals surface area contributed by atoms with Crippen LogP contribution in [0, 0.1) is 0 Å². The van der Waals surface area contributed by atoms with Crippen molar-refractivity contribution in [2.75, 3.05) is 0 Å². The van der Waals surface area contributed by atoms with Gasteiger partial charge in [-0.15, -0.1) is 12.4 Å². The molecule has 0 amide bonds. The van der Waals surface area contributed by atoms with E-state index in [-0.39, 0.29) is 24.6 Å². The SMILES string of the molecule is Cl.NOCc1nc(-c2ccccc2)ccc1C(=O)O. The molecule has 0 bridgehead atoms. The molecule has 2 rings (SSSR count). The first kappa shape index (κ1) is 15.1. The summed E-state index contributed by atoms with van der Waals surface area (Å²) in [6, 6.07) is 12.7. The Balaban J connectivity index is 0.00000180. The summed E-state index contributed by atoms with van der Waals surface area (Å²) >= 11 is 0. The van der Waals surface area contributed by atoms with Crippen molar-refractivity contribution in [3.05, 3.63) is 53.7 Å². The molecule has 19 heavy (non-hydrogen) atoms. The highest BCUT2D eigenvalue weighted by Crippen LogP contribution is 2.19. The van der Waals surface area contributed by atoms with Gasteiger partial charge in [0.2, 0.25) is 0 Å². The lowest BCUT2D eigenvalue weighted by molar-refractivity contribution is 0.0686. The van der Waals surface area contributed by atoms with Crippen LogP contribution in [-0.4, -0.2) is 16.1 Å². The lowest BCUT2D eigenvalue weighted by atomic mass is 10.1. The first-order valence-corrected chi connectivity index (χ1v) is 5.32. The number of carboxylic acid groups (broad SMARTS) is 1. The number of aromatic carboxylic acids is 1. The molecule has 6 heteroatoms. The summed E-state index contributed by atoms with van der Waals surface area (Å²) in [5.41, 5.74) is 2.01. The van der Waals surface area contributed by atoms with Crippen LogP contribution < -0.4 is 5.90 Å². The summed E-state index contributed by atoms with van der Waals surface area (Å²) in [6.07, 6.45) is 0. The molecule has 0 fully saturated rings. The van der Waals surface area contributed by atoms with Crippen molar-refractivity contribution in [3.8, 4) is 11.3 Å². The van der Waals surface area contributed by atoms with Gasteiger partial charge in [0.05, 0.1) is 17.0 Å². The molecule has 0 saturated carbocycles. The Morgan fingerprint density at radius 1 is 1.21 bits per heavy atom. The number of hydrogen-bond donors (Lipinski definition) is 2. The molecule has 0 saturated heterocycles. The van der Waals surface area contributed by atoms with Crippen LogP contribution in [0.3, 0.4) is 0 Å². The molecule has 1 heterocycles. The number of rotatable bonds is 4. The average molecular weight is 281 g/mol. The van der Waals surface area contributed by atoms with Gasteiger partial charge in [0, 0.05) is 5.56 Å². The van der Waals surface area contributed by atoms with Crippen LogP contribution in [0.5, 0.6) is 0 Å². The van der Waals surface area contributed by atoms with Gasteiger partial charge in [0.25, 0.3) is 0 Å².